The maximum atomic E-state index is 4.71. The van der Waals surface area contributed by atoms with Gasteiger partial charge in [-0.15, -0.1) is 11.3 Å². The van der Waals surface area contributed by atoms with Crippen LogP contribution in [0.5, 0.6) is 0 Å². The van der Waals surface area contributed by atoms with Crippen LogP contribution in [-0.2, 0) is 13.1 Å². The van der Waals surface area contributed by atoms with Gasteiger partial charge in [0, 0.05) is 42.4 Å². The Morgan fingerprint density at radius 1 is 1.22 bits per heavy atom. The van der Waals surface area contributed by atoms with E-state index in [0.717, 1.165) is 18.8 Å². The molecule has 4 rings (SSSR count). The molecule has 0 saturated carbocycles. The zero-order chi connectivity index (χ0) is 15.7. The zero-order valence-electron chi connectivity index (χ0n) is 13.7. The highest BCUT2D eigenvalue weighted by molar-refractivity contribution is 7.09. The Labute approximate surface area is 142 Å². The fraction of sp³-hybridized carbons (Fsp3) is 0.556. The Balaban J connectivity index is 1.45. The van der Waals surface area contributed by atoms with Crippen LogP contribution in [0.2, 0.25) is 0 Å². The Morgan fingerprint density at radius 2 is 2.17 bits per heavy atom. The zero-order valence-corrected chi connectivity index (χ0v) is 14.6. The summed E-state index contributed by atoms with van der Waals surface area (Å²) in [5.74, 6) is 0. The second-order valence-electron chi connectivity index (χ2n) is 6.91. The molecular weight excluding hydrogens is 304 g/mol. The molecule has 2 aliphatic rings. The fourth-order valence-corrected chi connectivity index (χ4v) is 4.84. The number of likely N-dealkylation sites (tertiary alicyclic amines) is 2. The lowest BCUT2D eigenvalue weighted by molar-refractivity contribution is 0.129. The summed E-state index contributed by atoms with van der Waals surface area (Å²) < 4.78 is 0. The van der Waals surface area contributed by atoms with Gasteiger partial charge in [-0.1, -0.05) is 6.07 Å². The normalized spacial score (nSPS) is 25.6. The van der Waals surface area contributed by atoms with Crippen LogP contribution < -0.4 is 0 Å². The highest BCUT2D eigenvalue weighted by Gasteiger charge is 2.45. The summed E-state index contributed by atoms with van der Waals surface area (Å²) in [4.78, 5) is 14.4. The number of rotatable bonds is 4. The van der Waals surface area contributed by atoms with Gasteiger partial charge in [0.1, 0.15) is 5.01 Å². The van der Waals surface area contributed by atoms with Crippen LogP contribution in [0.4, 0.5) is 0 Å². The molecule has 2 aromatic rings. The SMILES string of the molecule is Cc1cccc(CN2CCC[C@@]23CCN(Cc2nccs2)C3)n1. The average Bonchev–Trinajstić information content (AvgIpc) is 3.25. The van der Waals surface area contributed by atoms with Gasteiger partial charge in [0.05, 0.1) is 12.2 Å². The number of nitrogens with zero attached hydrogens (tertiary/aromatic N) is 4. The number of thiazole rings is 1. The van der Waals surface area contributed by atoms with Gasteiger partial charge in [0.15, 0.2) is 0 Å². The Hall–Kier alpha value is -1.30. The maximum Gasteiger partial charge on any atom is 0.107 e. The molecule has 0 amide bonds. The van der Waals surface area contributed by atoms with E-state index >= 15 is 0 Å². The van der Waals surface area contributed by atoms with Crippen LogP contribution in [0.3, 0.4) is 0 Å². The summed E-state index contributed by atoms with van der Waals surface area (Å²) in [6, 6.07) is 6.37. The third-order valence-corrected chi connectivity index (χ3v) is 6.06. The molecule has 5 heteroatoms. The Kier molecular flexibility index (Phi) is 4.18. The average molecular weight is 328 g/mol. The van der Waals surface area contributed by atoms with E-state index in [9.17, 15) is 0 Å². The summed E-state index contributed by atoms with van der Waals surface area (Å²) in [7, 11) is 0. The van der Waals surface area contributed by atoms with E-state index in [1.165, 1.54) is 49.6 Å². The lowest BCUT2D eigenvalue weighted by Crippen LogP contribution is -2.45. The topological polar surface area (TPSA) is 32.3 Å². The number of hydrogen-bond donors (Lipinski definition) is 0. The van der Waals surface area contributed by atoms with Gasteiger partial charge in [-0.3, -0.25) is 14.8 Å². The van der Waals surface area contributed by atoms with E-state index in [-0.39, 0.29) is 0 Å². The van der Waals surface area contributed by atoms with Gasteiger partial charge < -0.3 is 0 Å². The molecule has 2 aromatic heterocycles. The molecule has 0 aromatic carbocycles. The minimum absolute atomic E-state index is 0.364. The second-order valence-corrected chi connectivity index (χ2v) is 7.89. The summed E-state index contributed by atoms with van der Waals surface area (Å²) in [6.07, 6.45) is 5.84. The van der Waals surface area contributed by atoms with E-state index < -0.39 is 0 Å². The van der Waals surface area contributed by atoms with Crippen LogP contribution in [0, 0.1) is 6.92 Å². The van der Waals surface area contributed by atoms with E-state index in [4.69, 9.17) is 4.98 Å². The quantitative estimate of drug-likeness (QED) is 0.863. The van der Waals surface area contributed by atoms with Crippen LogP contribution >= 0.6 is 11.3 Å². The monoisotopic (exact) mass is 328 g/mol. The highest BCUT2D eigenvalue weighted by Crippen LogP contribution is 2.39. The van der Waals surface area contributed by atoms with Gasteiger partial charge in [0.2, 0.25) is 0 Å². The van der Waals surface area contributed by atoms with Crippen molar-refractivity contribution in [1.29, 1.82) is 0 Å². The molecule has 1 atom stereocenters. The highest BCUT2D eigenvalue weighted by atomic mass is 32.1. The molecule has 0 N–H and O–H groups in total. The van der Waals surface area contributed by atoms with Crippen molar-refractivity contribution < 1.29 is 0 Å². The largest absolute Gasteiger partial charge is 0.295 e. The van der Waals surface area contributed by atoms with E-state index in [0.29, 0.717) is 5.54 Å². The molecule has 0 radical (unpaired) electrons. The lowest BCUT2D eigenvalue weighted by atomic mass is 9.95. The summed E-state index contributed by atoms with van der Waals surface area (Å²) in [6.45, 7) is 7.66. The summed E-state index contributed by atoms with van der Waals surface area (Å²) >= 11 is 1.77. The first-order chi connectivity index (χ1) is 11.2. The van der Waals surface area contributed by atoms with Gasteiger partial charge in [-0.25, -0.2) is 4.98 Å². The lowest BCUT2D eigenvalue weighted by Gasteiger charge is -2.35. The Bertz CT molecular complexity index is 657. The van der Waals surface area contributed by atoms with Crippen LogP contribution in [0.15, 0.2) is 29.8 Å². The first kappa shape index (κ1) is 15.2. The number of aryl methyl sites for hydroxylation is 1. The standard InChI is InChI=1S/C18H24N4S/c1-15-4-2-5-16(20-15)12-22-9-3-6-18(22)7-10-21(14-18)13-17-19-8-11-23-17/h2,4-5,8,11H,3,6-7,9-10,12-14H2,1H3/t18-/m0/s1. The summed E-state index contributed by atoms with van der Waals surface area (Å²) in [5.41, 5.74) is 2.69. The molecule has 23 heavy (non-hydrogen) atoms. The molecule has 0 unspecified atom stereocenters. The van der Waals surface area contributed by atoms with Crippen molar-refractivity contribution >= 4 is 11.3 Å². The minimum atomic E-state index is 0.364. The van der Waals surface area contributed by atoms with Gasteiger partial charge in [-0.2, -0.15) is 0 Å². The second kappa shape index (κ2) is 6.30. The molecule has 0 bridgehead atoms. The van der Waals surface area contributed by atoms with Crippen LogP contribution in [-0.4, -0.2) is 44.9 Å². The van der Waals surface area contributed by atoms with Gasteiger partial charge in [0.25, 0.3) is 0 Å². The van der Waals surface area contributed by atoms with Crippen molar-refractivity contribution in [2.75, 3.05) is 19.6 Å². The number of pyridine rings is 1. The van der Waals surface area contributed by atoms with Crippen molar-refractivity contribution in [2.24, 2.45) is 0 Å². The third-order valence-electron chi connectivity index (χ3n) is 5.29. The first-order valence-electron chi connectivity index (χ1n) is 8.52. The van der Waals surface area contributed by atoms with Crippen LogP contribution in [0.1, 0.15) is 35.7 Å². The summed E-state index contributed by atoms with van der Waals surface area (Å²) in [5, 5.41) is 3.32. The molecule has 4 heterocycles. The number of hydrogen-bond acceptors (Lipinski definition) is 5. The molecule has 122 valence electrons. The smallest absolute Gasteiger partial charge is 0.107 e. The van der Waals surface area contributed by atoms with Crippen molar-refractivity contribution in [3.05, 3.63) is 46.2 Å². The van der Waals surface area contributed by atoms with Gasteiger partial charge >= 0.3 is 0 Å². The molecule has 4 nitrogen and oxygen atoms in total. The van der Waals surface area contributed by atoms with E-state index in [1.807, 2.05) is 6.20 Å². The van der Waals surface area contributed by atoms with E-state index in [2.05, 4.69) is 45.3 Å². The predicted octanol–water partition coefficient (Wildman–Crippen LogP) is 3.09. The molecular formula is C18H24N4S. The fourth-order valence-electron chi connectivity index (χ4n) is 4.18. The van der Waals surface area contributed by atoms with Crippen molar-refractivity contribution in [2.45, 2.75) is 44.8 Å². The van der Waals surface area contributed by atoms with Crippen molar-refractivity contribution in [1.82, 2.24) is 19.8 Å². The number of aromatic nitrogens is 2. The van der Waals surface area contributed by atoms with Crippen molar-refractivity contribution in [3.8, 4) is 0 Å². The molecule has 2 saturated heterocycles. The van der Waals surface area contributed by atoms with Crippen LogP contribution in [0.25, 0.3) is 0 Å². The molecule has 0 aliphatic carbocycles. The third kappa shape index (κ3) is 3.18. The van der Waals surface area contributed by atoms with Crippen molar-refractivity contribution in [3.63, 3.8) is 0 Å². The molecule has 2 aliphatic heterocycles. The molecule has 1 spiro atoms. The molecule has 2 fully saturated rings. The Morgan fingerprint density at radius 3 is 3.00 bits per heavy atom. The van der Waals surface area contributed by atoms with E-state index in [1.54, 1.807) is 11.3 Å². The predicted molar refractivity (Wildman–Crippen MR) is 93.4 cm³/mol. The minimum Gasteiger partial charge on any atom is -0.295 e. The van der Waals surface area contributed by atoms with Gasteiger partial charge in [-0.05, 0) is 44.9 Å². The maximum absolute atomic E-state index is 4.71. The first-order valence-corrected chi connectivity index (χ1v) is 9.40.